The molecule has 31 heavy (non-hydrogen) atoms. The number of benzene rings is 1. The minimum atomic E-state index is -0.0478. The van der Waals surface area contributed by atoms with Crippen molar-refractivity contribution in [2.45, 2.75) is 32.5 Å². The second-order valence-electron chi connectivity index (χ2n) is 7.83. The van der Waals surface area contributed by atoms with Crippen LogP contribution in [0.3, 0.4) is 0 Å². The van der Waals surface area contributed by atoms with Crippen LogP contribution in [0.2, 0.25) is 0 Å². The molecule has 0 amide bonds. The molecule has 0 bridgehead atoms. The Balaban J connectivity index is 1.62. The van der Waals surface area contributed by atoms with E-state index < -0.39 is 0 Å². The van der Waals surface area contributed by atoms with E-state index in [1.54, 1.807) is 6.26 Å². The lowest BCUT2D eigenvalue weighted by Gasteiger charge is -2.27. The summed E-state index contributed by atoms with van der Waals surface area (Å²) in [6, 6.07) is 22.6. The van der Waals surface area contributed by atoms with Gasteiger partial charge in [-0.15, -0.1) is 0 Å². The number of hydrogen-bond acceptors (Lipinski definition) is 3. The Morgan fingerprint density at radius 1 is 1.03 bits per heavy atom. The van der Waals surface area contributed by atoms with Crippen LogP contribution >= 0.6 is 12.2 Å². The molecule has 1 aliphatic rings. The highest BCUT2D eigenvalue weighted by Gasteiger charge is 2.41. The second kappa shape index (κ2) is 8.04. The number of para-hydroxylation sites is 1. The van der Waals surface area contributed by atoms with Gasteiger partial charge in [-0.25, -0.2) is 0 Å². The SMILES string of the molecule is Cc1cc([C@H]2[C@@H](c3ccccn3)NC(=S)N2Cc2ccco2)c(C)n1-c1ccccc1. The Morgan fingerprint density at radius 3 is 2.55 bits per heavy atom. The van der Waals surface area contributed by atoms with Gasteiger partial charge in [0.1, 0.15) is 5.76 Å². The van der Waals surface area contributed by atoms with E-state index >= 15 is 0 Å². The van der Waals surface area contributed by atoms with Crippen LogP contribution in [0.1, 0.15) is 40.5 Å². The van der Waals surface area contributed by atoms with Gasteiger partial charge >= 0.3 is 0 Å². The van der Waals surface area contributed by atoms with Crippen LogP contribution in [0, 0.1) is 13.8 Å². The summed E-state index contributed by atoms with van der Waals surface area (Å²) in [6.45, 7) is 4.93. The Morgan fingerprint density at radius 2 is 1.84 bits per heavy atom. The fourth-order valence-corrected chi connectivity index (χ4v) is 4.85. The van der Waals surface area contributed by atoms with E-state index in [0.717, 1.165) is 17.1 Å². The minimum Gasteiger partial charge on any atom is -0.467 e. The van der Waals surface area contributed by atoms with Crippen molar-refractivity contribution >= 4 is 17.3 Å². The molecule has 1 N–H and O–H groups in total. The Kier molecular flexibility index (Phi) is 5.08. The normalized spacial score (nSPS) is 18.4. The van der Waals surface area contributed by atoms with Gasteiger partial charge in [0.2, 0.25) is 0 Å². The van der Waals surface area contributed by atoms with Gasteiger partial charge in [0.05, 0.1) is 30.6 Å². The molecule has 5 rings (SSSR count). The third-order valence-electron chi connectivity index (χ3n) is 5.91. The number of rotatable bonds is 5. The fourth-order valence-electron chi connectivity index (χ4n) is 4.55. The highest BCUT2D eigenvalue weighted by atomic mass is 32.1. The zero-order chi connectivity index (χ0) is 21.4. The summed E-state index contributed by atoms with van der Waals surface area (Å²) in [5, 5.41) is 4.23. The van der Waals surface area contributed by atoms with E-state index in [0.29, 0.717) is 11.7 Å². The maximum atomic E-state index is 5.78. The molecule has 1 aliphatic heterocycles. The number of furan rings is 1. The van der Waals surface area contributed by atoms with E-state index in [9.17, 15) is 0 Å². The van der Waals surface area contributed by atoms with Crippen molar-refractivity contribution in [3.05, 3.63) is 108 Å². The van der Waals surface area contributed by atoms with Crippen LogP contribution in [0.5, 0.6) is 0 Å². The smallest absolute Gasteiger partial charge is 0.170 e. The molecular weight excluding hydrogens is 404 g/mol. The molecule has 0 radical (unpaired) electrons. The van der Waals surface area contributed by atoms with E-state index in [2.05, 4.69) is 70.0 Å². The summed E-state index contributed by atoms with van der Waals surface area (Å²) < 4.78 is 7.95. The third-order valence-corrected chi connectivity index (χ3v) is 6.26. The van der Waals surface area contributed by atoms with E-state index in [1.807, 2.05) is 36.5 Å². The first kappa shape index (κ1) is 19.6. The van der Waals surface area contributed by atoms with Crippen molar-refractivity contribution < 1.29 is 4.42 Å². The predicted octanol–water partition coefficient (Wildman–Crippen LogP) is 5.25. The van der Waals surface area contributed by atoms with Crippen molar-refractivity contribution in [3.8, 4) is 5.69 Å². The summed E-state index contributed by atoms with van der Waals surface area (Å²) in [5.74, 6) is 0.882. The van der Waals surface area contributed by atoms with Gasteiger partial charge in [0.25, 0.3) is 0 Å². The molecule has 6 heteroatoms. The first-order valence-electron chi connectivity index (χ1n) is 10.4. The largest absolute Gasteiger partial charge is 0.467 e. The van der Waals surface area contributed by atoms with Gasteiger partial charge < -0.3 is 19.2 Å². The van der Waals surface area contributed by atoms with Gasteiger partial charge in [0, 0.05) is 23.3 Å². The molecule has 1 aromatic carbocycles. The molecule has 0 spiro atoms. The number of hydrogen-bond donors (Lipinski definition) is 1. The summed E-state index contributed by atoms with van der Waals surface area (Å²) in [6.07, 6.45) is 3.54. The number of nitrogens with zero attached hydrogens (tertiary/aromatic N) is 3. The van der Waals surface area contributed by atoms with Crippen LogP contribution in [-0.2, 0) is 6.54 Å². The van der Waals surface area contributed by atoms with Crippen LogP contribution in [0.4, 0.5) is 0 Å². The van der Waals surface area contributed by atoms with Crippen LogP contribution in [0.25, 0.3) is 5.69 Å². The van der Waals surface area contributed by atoms with Crippen molar-refractivity contribution in [1.82, 2.24) is 19.8 Å². The van der Waals surface area contributed by atoms with Gasteiger partial charge in [-0.05, 0) is 74.1 Å². The average molecular weight is 429 g/mol. The monoisotopic (exact) mass is 428 g/mol. The highest BCUT2D eigenvalue weighted by Crippen LogP contribution is 2.42. The summed E-state index contributed by atoms with van der Waals surface area (Å²) in [7, 11) is 0. The van der Waals surface area contributed by atoms with Crippen molar-refractivity contribution in [2.24, 2.45) is 0 Å². The predicted molar refractivity (Wildman–Crippen MR) is 125 cm³/mol. The molecule has 3 aromatic heterocycles. The second-order valence-corrected chi connectivity index (χ2v) is 8.22. The van der Waals surface area contributed by atoms with E-state index in [1.165, 1.54) is 17.0 Å². The molecule has 0 aliphatic carbocycles. The Labute approximate surface area is 187 Å². The van der Waals surface area contributed by atoms with Crippen LogP contribution in [0.15, 0.2) is 83.6 Å². The van der Waals surface area contributed by atoms with E-state index in [4.69, 9.17) is 16.6 Å². The number of nitrogens with one attached hydrogen (secondary N) is 1. The lowest BCUT2D eigenvalue weighted by atomic mass is 9.96. The molecule has 1 fully saturated rings. The number of aryl methyl sites for hydroxylation is 1. The molecule has 1 saturated heterocycles. The maximum absolute atomic E-state index is 5.78. The molecular formula is C25H24N4OS. The van der Waals surface area contributed by atoms with Gasteiger partial charge in [-0.2, -0.15) is 0 Å². The molecule has 5 nitrogen and oxygen atoms in total. The molecule has 4 aromatic rings. The fraction of sp³-hybridized carbons (Fsp3) is 0.200. The zero-order valence-electron chi connectivity index (χ0n) is 17.5. The van der Waals surface area contributed by atoms with Crippen LogP contribution < -0.4 is 5.32 Å². The summed E-state index contributed by atoms with van der Waals surface area (Å²) in [5.41, 5.74) is 5.75. The van der Waals surface area contributed by atoms with Crippen molar-refractivity contribution in [1.29, 1.82) is 0 Å². The summed E-state index contributed by atoms with van der Waals surface area (Å²) in [4.78, 5) is 6.85. The third kappa shape index (κ3) is 3.53. The molecule has 156 valence electrons. The zero-order valence-corrected chi connectivity index (χ0v) is 18.3. The molecule has 4 heterocycles. The molecule has 0 saturated carbocycles. The van der Waals surface area contributed by atoms with Crippen molar-refractivity contribution in [3.63, 3.8) is 0 Å². The first-order chi connectivity index (χ1) is 15.1. The topological polar surface area (TPSA) is 46.2 Å². The molecule has 2 atom stereocenters. The Hall–Kier alpha value is -3.38. The average Bonchev–Trinajstić information content (AvgIpc) is 3.49. The minimum absolute atomic E-state index is 0.00355. The van der Waals surface area contributed by atoms with E-state index in [-0.39, 0.29) is 12.1 Å². The standard InChI is InChI=1S/C25H24N4OS/c1-17-15-21(18(2)29(17)19-9-4-3-5-10-19)24-23(22-12-6-7-13-26-22)27-25(31)28(24)16-20-11-8-14-30-20/h3-15,23-24H,16H2,1-2H3,(H,27,31)/t23-,24+/m1/s1. The maximum Gasteiger partial charge on any atom is 0.170 e. The molecule has 0 unspecified atom stereocenters. The first-order valence-corrected chi connectivity index (χ1v) is 10.8. The highest BCUT2D eigenvalue weighted by molar-refractivity contribution is 7.80. The number of thiocarbonyl (C=S) groups is 1. The quantitative estimate of drug-likeness (QED) is 0.440. The number of pyridine rings is 1. The lowest BCUT2D eigenvalue weighted by Crippen LogP contribution is -2.29. The van der Waals surface area contributed by atoms with Gasteiger partial charge in [-0.1, -0.05) is 24.3 Å². The number of aromatic nitrogens is 2. The van der Waals surface area contributed by atoms with Crippen molar-refractivity contribution in [2.75, 3.05) is 0 Å². The lowest BCUT2D eigenvalue weighted by molar-refractivity contribution is 0.286. The van der Waals surface area contributed by atoms with Crippen LogP contribution in [-0.4, -0.2) is 19.6 Å². The van der Waals surface area contributed by atoms with Gasteiger partial charge in [0.15, 0.2) is 5.11 Å². The Bertz CT molecular complexity index is 1190. The van der Waals surface area contributed by atoms with Gasteiger partial charge in [-0.3, -0.25) is 4.98 Å². The summed E-state index contributed by atoms with van der Waals surface area (Å²) >= 11 is 5.78.